The molecule has 2 N–H and O–H groups in total. The quantitative estimate of drug-likeness (QED) is 0.454. The van der Waals surface area contributed by atoms with Gasteiger partial charge in [0.1, 0.15) is 11.5 Å². The summed E-state index contributed by atoms with van der Waals surface area (Å²) in [6.07, 6.45) is 0. The number of aryl methyl sites for hydroxylation is 4. The molecule has 0 aromatic heterocycles. The summed E-state index contributed by atoms with van der Waals surface area (Å²) >= 11 is 0. The van der Waals surface area contributed by atoms with Crippen molar-refractivity contribution in [1.29, 1.82) is 0 Å². The molecular formula is C23H24N4O2. The Labute approximate surface area is 170 Å². The fraction of sp³-hybridized carbons (Fsp3) is 0.217. The standard InChI is InChI=1S/C23H24N4O2/c1-13-9-18(28)10-14(2)22(13)26-24-20-7-6-8-21(17(20)5)25-27-23-15(3)11-19(29)12-16(23)4/h6-12,28-29H,1-5H3. The van der Waals surface area contributed by atoms with Crippen LogP contribution in [0.2, 0.25) is 0 Å². The number of benzene rings is 3. The van der Waals surface area contributed by atoms with Crippen molar-refractivity contribution in [3.05, 3.63) is 70.3 Å². The second-order valence-corrected chi connectivity index (χ2v) is 7.18. The van der Waals surface area contributed by atoms with Gasteiger partial charge in [-0.05, 0) is 93.3 Å². The summed E-state index contributed by atoms with van der Waals surface area (Å²) in [5.41, 5.74) is 7.18. The van der Waals surface area contributed by atoms with E-state index in [0.717, 1.165) is 39.2 Å². The zero-order chi connectivity index (χ0) is 21.1. The van der Waals surface area contributed by atoms with Gasteiger partial charge in [0.25, 0.3) is 0 Å². The molecule has 0 aliphatic heterocycles. The number of phenolic OH excluding ortho intramolecular Hbond substituents is 2. The molecule has 3 aromatic rings. The van der Waals surface area contributed by atoms with E-state index in [2.05, 4.69) is 20.5 Å². The van der Waals surface area contributed by atoms with E-state index in [0.29, 0.717) is 11.4 Å². The van der Waals surface area contributed by atoms with Crippen molar-refractivity contribution in [2.45, 2.75) is 34.6 Å². The van der Waals surface area contributed by atoms with Gasteiger partial charge in [0.15, 0.2) is 0 Å². The van der Waals surface area contributed by atoms with E-state index in [1.165, 1.54) is 0 Å². The number of nitrogens with zero attached hydrogens (tertiary/aromatic N) is 4. The summed E-state index contributed by atoms with van der Waals surface area (Å²) in [6, 6.07) is 12.3. The van der Waals surface area contributed by atoms with Gasteiger partial charge in [0.05, 0.1) is 22.7 Å². The van der Waals surface area contributed by atoms with Crippen LogP contribution in [0.1, 0.15) is 27.8 Å². The first-order valence-corrected chi connectivity index (χ1v) is 9.30. The molecule has 0 radical (unpaired) electrons. The minimum absolute atomic E-state index is 0.220. The van der Waals surface area contributed by atoms with Crippen LogP contribution >= 0.6 is 0 Å². The topological polar surface area (TPSA) is 89.9 Å². The van der Waals surface area contributed by atoms with Gasteiger partial charge in [-0.25, -0.2) is 0 Å². The Morgan fingerprint density at radius 3 is 1.24 bits per heavy atom. The normalized spacial score (nSPS) is 11.6. The van der Waals surface area contributed by atoms with Gasteiger partial charge in [0, 0.05) is 5.56 Å². The van der Waals surface area contributed by atoms with E-state index in [9.17, 15) is 10.2 Å². The lowest BCUT2D eigenvalue weighted by atomic mass is 10.1. The fourth-order valence-electron chi connectivity index (χ4n) is 3.22. The van der Waals surface area contributed by atoms with E-state index in [1.54, 1.807) is 24.3 Å². The average Bonchev–Trinajstić information content (AvgIpc) is 2.62. The summed E-state index contributed by atoms with van der Waals surface area (Å²) in [5.74, 6) is 0.440. The molecule has 3 rings (SSSR count). The third-order valence-corrected chi connectivity index (χ3v) is 4.74. The molecule has 0 saturated carbocycles. The zero-order valence-corrected chi connectivity index (χ0v) is 17.2. The molecule has 0 spiro atoms. The van der Waals surface area contributed by atoms with Crippen LogP contribution in [0.3, 0.4) is 0 Å². The predicted octanol–water partition coefficient (Wildman–Crippen LogP) is 7.47. The number of hydrogen-bond donors (Lipinski definition) is 2. The highest BCUT2D eigenvalue weighted by molar-refractivity contribution is 5.61. The molecule has 3 aromatic carbocycles. The van der Waals surface area contributed by atoms with E-state index < -0.39 is 0 Å². The van der Waals surface area contributed by atoms with E-state index in [1.807, 2.05) is 52.8 Å². The maximum atomic E-state index is 9.68. The molecule has 148 valence electrons. The zero-order valence-electron chi connectivity index (χ0n) is 17.2. The third-order valence-electron chi connectivity index (χ3n) is 4.74. The largest absolute Gasteiger partial charge is 0.508 e. The third kappa shape index (κ3) is 4.48. The van der Waals surface area contributed by atoms with Gasteiger partial charge in [-0.1, -0.05) is 6.07 Å². The minimum atomic E-state index is 0.220. The van der Waals surface area contributed by atoms with Gasteiger partial charge >= 0.3 is 0 Å². The first kappa shape index (κ1) is 20.2. The monoisotopic (exact) mass is 388 g/mol. The van der Waals surface area contributed by atoms with Crippen molar-refractivity contribution in [1.82, 2.24) is 0 Å². The van der Waals surface area contributed by atoms with Gasteiger partial charge in [-0.15, -0.1) is 10.2 Å². The van der Waals surface area contributed by atoms with E-state index >= 15 is 0 Å². The lowest BCUT2D eigenvalue weighted by Gasteiger charge is -2.07. The SMILES string of the molecule is Cc1cc(O)cc(C)c1N=Nc1cccc(N=Nc2c(C)cc(O)cc2C)c1C. The molecule has 6 nitrogen and oxygen atoms in total. The Kier molecular flexibility index (Phi) is 5.73. The van der Waals surface area contributed by atoms with Crippen LogP contribution in [0.15, 0.2) is 62.9 Å². The van der Waals surface area contributed by atoms with E-state index in [4.69, 9.17) is 0 Å². The van der Waals surface area contributed by atoms with Gasteiger partial charge in [-0.2, -0.15) is 10.2 Å². The number of hydrogen-bond acceptors (Lipinski definition) is 6. The highest BCUT2D eigenvalue weighted by Gasteiger charge is 2.08. The lowest BCUT2D eigenvalue weighted by Crippen LogP contribution is -1.81. The highest BCUT2D eigenvalue weighted by Crippen LogP contribution is 2.34. The average molecular weight is 388 g/mol. The summed E-state index contributed by atoms with van der Waals surface area (Å²) in [6.45, 7) is 9.49. The van der Waals surface area contributed by atoms with E-state index in [-0.39, 0.29) is 11.5 Å². The van der Waals surface area contributed by atoms with Crippen molar-refractivity contribution in [3.63, 3.8) is 0 Å². The van der Waals surface area contributed by atoms with Crippen molar-refractivity contribution in [2.75, 3.05) is 0 Å². The molecule has 0 bridgehead atoms. The molecule has 29 heavy (non-hydrogen) atoms. The van der Waals surface area contributed by atoms with Crippen LogP contribution < -0.4 is 0 Å². The van der Waals surface area contributed by atoms with Crippen LogP contribution in [0.5, 0.6) is 11.5 Å². The van der Waals surface area contributed by atoms with Crippen LogP contribution in [-0.4, -0.2) is 10.2 Å². The first-order chi connectivity index (χ1) is 13.8. The minimum Gasteiger partial charge on any atom is -0.508 e. The van der Waals surface area contributed by atoms with Gasteiger partial charge in [0.2, 0.25) is 0 Å². The first-order valence-electron chi connectivity index (χ1n) is 9.30. The molecular weight excluding hydrogens is 364 g/mol. The molecule has 0 atom stereocenters. The Balaban J connectivity index is 1.93. The van der Waals surface area contributed by atoms with Crippen LogP contribution in [0.25, 0.3) is 0 Å². The smallest absolute Gasteiger partial charge is 0.116 e. The van der Waals surface area contributed by atoms with Crippen molar-refractivity contribution in [2.24, 2.45) is 20.5 Å². The maximum absolute atomic E-state index is 9.68. The maximum Gasteiger partial charge on any atom is 0.116 e. The van der Waals surface area contributed by atoms with Crippen LogP contribution in [0, 0.1) is 34.6 Å². The molecule has 0 unspecified atom stereocenters. The number of rotatable bonds is 4. The lowest BCUT2D eigenvalue weighted by molar-refractivity contribution is 0.474. The molecule has 0 saturated heterocycles. The van der Waals surface area contributed by atoms with Crippen molar-refractivity contribution >= 4 is 22.7 Å². The Morgan fingerprint density at radius 1 is 0.552 bits per heavy atom. The molecule has 0 aliphatic rings. The second-order valence-electron chi connectivity index (χ2n) is 7.18. The van der Waals surface area contributed by atoms with Crippen molar-refractivity contribution in [3.8, 4) is 11.5 Å². The van der Waals surface area contributed by atoms with Gasteiger partial charge < -0.3 is 10.2 Å². The number of phenols is 2. The molecule has 0 fully saturated rings. The molecule has 0 amide bonds. The summed E-state index contributed by atoms with van der Waals surface area (Å²) < 4.78 is 0. The summed E-state index contributed by atoms with van der Waals surface area (Å²) in [7, 11) is 0. The fourth-order valence-corrected chi connectivity index (χ4v) is 3.22. The summed E-state index contributed by atoms with van der Waals surface area (Å²) in [4.78, 5) is 0. The highest BCUT2D eigenvalue weighted by atomic mass is 16.3. The van der Waals surface area contributed by atoms with Gasteiger partial charge in [-0.3, -0.25) is 0 Å². The predicted molar refractivity (Wildman–Crippen MR) is 115 cm³/mol. The van der Waals surface area contributed by atoms with Crippen molar-refractivity contribution < 1.29 is 10.2 Å². The molecule has 0 heterocycles. The number of aromatic hydroxyl groups is 2. The van der Waals surface area contributed by atoms with Crippen LogP contribution in [-0.2, 0) is 0 Å². The summed E-state index contributed by atoms with van der Waals surface area (Å²) in [5, 5.41) is 36.9. The Bertz CT molecular complexity index is 1000. The van der Waals surface area contributed by atoms with Crippen LogP contribution in [0.4, 0.5) is 22.7 Å². The second kappa shape index (κ2) is 8.22. The Morgan fingerprint density at radius 2 is 0.897 bits per heavy atom. The number of azo groups is 2. The molecule has 0 aliphatic carbocycles. The molecule has 6 heteroatoms. The Hall–Kier alpha value is -3.54.